The van der Waals surface area contributed by atoms with Crippen molar-refractivity contribution in [3.05, 3.63) is 0 Å². The Labute approximate surface area is 121 Å². The minimum Gasteiger partial charge on any atom is -0.314 e. The predicted octanol–water partition coefficient (Wildman–Crippen LogP) is 4.20. The van der Waals surface area contributed by atoms with Crippen molar-refractivity contribution in [2.24, 2.45) is 0 Å². The molecule has 19 heavy (non-hydrogen) atoms. The molecule has 0 amide bonds. The van der Waals surface area contributed by atoms with E-state index in [0.29, 0.717) is 0 Å². The predicted molar refractivity (Wildman–Crippen MR) is 85.7 cm³/mol. The van der Waals surface area contributed by atoms with Crippen LogP contribution in [0.2, 0.25) is 0 Å². The van der Waals surface area contributed by atoms with Crippen LogP contribution >= 0.6 is 0 Å². The van der Waals surface area contributed by atoms with Gasteiger partial charge >= 0.3 is 0 Å². The molecule has 0 spiro atoms. The summed E-state index contributed by atoms with van der Waals surface area (Å²) in [7, 11) is 0. The standard InChI is InChI=1S/C17H36N2/c1-3-5-7-12-17(11-4-2)18-13-10-16-19-14-8-6-9-15-19/h17-18H,3-16H2,1-2H3. The van der Waals surface area contributed by atoms with Crippen LogP contribution in [0.25, 0.3) is 0 Å². The molecule has 1 aliphatic rings. The van der Waals surface area contributed by atoms with Crippen molar-refractivity contribution in [2.75, 3.05) is 26.2 Å². The lowest BCUT2D eigenvalue weighted by atomic mass is 10.0. The number of hydrogen-bond donors (Lipinski definition) is 1. The Bertz CT molecular complexity index is 188. The van der Waals surface area contributed by atoms with E-state index in [9.17, 15) is 0 Å². The molecule has 0 aromatic carbocycles. The van der Waals surface area contributed by atoms with Gasteiger partial charge in [0.25, 0.3) is 0 Å². The van der Waals surface area contributed by atoms with Gasteiger partial charge in [-0.15, -0.1) is 0 Å². The largest absolute Gasteiger partial charge is 0.314 e. The van der Waals surface area contributed by atoms with E-state index >= 15 is 0 Å². The van der Waals surface area contributed by atoms with E-state index in [4.69, 9.17) is 0 Å². The first-order valence-corrected chi connectivity index (χ1v) is 8.82. The van der Waals surface area contributed by atoms with Crippen molar-refractivity contribution >= 4 is 0 Å². The fraction of sp³-hybridized carbons (Fsp3) is 1.00. The van der Waals surface area contributed by atoms with Crippen molar-refractivity contribution in [2.45, 2.75) is 84.1 Å². The highest BCUT2D eigenvalue weighted by atomic mass is 15.1. The van der Waals surface area contributed by atoms with Crippen LogP contribution in [-0.4, -0.2) is 37.1 Å². The topological polar surface area (TPSA) is 15.3 Å². The summed E-state index contributed by atoms with van der Waals surface area (Å²) >= 11 is 0. The summed E-state index contributed by atoms with van der Waals surface area (Å²) in [5, 5.41) is 3.79. The second-order valence-corrected chi connectivity index (χ2v) is 6.19. The van der Waals surface area contributed by atoms with Gasteiger partial charge in [0.1, 0.15) is 0 Å². The van der Waals surface area contributed by atoms with Crippen molar-refractivity contribution < 1.29 is 0 Å². The molecule has 1 unspecified atom stereocenters. The number of likely N-dealkylation sites (tertiary alicyclic amines) is 1. The van der Waals surface area contributed by atoms with Crippen molar-refractivity contribution in [1.82, 2.24) is 10.2 Å². The fourth-order valence-corrected chi connectivity index (χ4v) is 3.13. The Hall–Kier alpha value is -0.0800. The van der Waals surface area contributed by atoms with Crippen molar-refractivity contribution in [1.29, 1.82) is 0 Å². The summed E-state index contributed by atoms with van der Waals surface area (Å²) in [5.41, 5.74) is 0. The number of nitrogens with one attached hydrogen (secondary N) is 1. The maximum absolute atomic E-state index is 3.79. The van der Waals surface area contributed by atoms with Crippen molar-refractivity contribution in [3.63, 3.8) is 0 Å². The fourth-order valence-electron chi connectivity index (χ4n) is 3.13. The average molecular weight is 268 g/mol. The summed E-state index contributed by atoms with van der Waals surface area (Å²) in [6, 6.07) is 0.776. The van der Waals surface area contributed by atoms with E-state index in [1.54, 1.807) is 0 Å². The van der Waals surface area contributed by atoms with Crippen LogP contribution in [-0.2, 0) is 0 Å². The van der Waals surface area contributed by atoms with Gasteiger partial charge in [0.15, 0.2) is 0 Å². The van der Waals surface area contributed by atoms with E-state index in [1.165, 1.54) is 90.4 Å². The van der Waals surface area contributed by atoms with Gasteiger partial charge in [-0.3, -0.25) is 0 Å². The molecule has 0 aromatic rings. The molecule has 0 bridgehead atoms. The highest BCUT2D eigenvalue weighted by molar-refractivity contribution is 4.69. The molecule has 2 heteroatoms. The third-order valence-electron chi connectivity index (χ3n) is 4.33. The summed E-state index contributed by atoms with van der Waals surface area (Å²) in [5.74, 6) is 0. The van der Waals surface area contributed by atoms with E-state index in [0.717, 1.165) is 6.04 Å². The first-order valence-electron chi connectivity index (χ1n) is 8.82. The molecule has 1 saturated heterocycles. The number of rotatable bonds is 11. The molecular formula is C17H36N2. The molecule has 1 aliphatic heterocycles. The zero-order valence-electron chi connectivity index (χ0n) is 13.4. The maximum atomic E-state index is 3.79. The third-order valence-corrected chi connectivity index (χ3v) is 4.33. The van der Waals surface area contributed by atoms with Crippen molar-refractivity contribution in [3.8, 4) is 0 Å². The highest BCUT2D eigenvalue weighted by Crippen LogP contribution is 2.10. The number of hydrogen-bond acceptors (Lipinski definition) is 2. The quantitative estimate of drug-likeness (QED) is 0.565. The van der Waals surface area contributed by atoms with Gasteiger partial charge in [0, 0.05) is 6.04 Å². The van der Waals surface area contributed by atoms with Crippen LogP contribution in [0.5, 0.6) is 0 Å². The highest BCUT2D eigenvalue weighted by Gasteiger charge is 2.10. The van der Waals surface area contributed by atoms with Crippen LogP contribution < -0.4 is 5.32 Å². The molecule has 1 N–H and O–H groups in total. The second-order valence-electron chi connectivity index (χ2n) is 6.19. The average Bonchev–Trinajstić information content (AvgIpc) is 2.45. The minimum atomic E-state index is 0.776. The number of piperidine rings is 1. The normalized spacial score (nSPS) is 18.6. The molecule has 1 fully saturated rings. The van der Waals surface area contributed by atoms with Crippen LogP contribution in [0.1, 0.15) is 78.1 Å². The van der Waals surface area contributed by atoms with E-state index in [2.05, 4.69) is 24.1 Å². The van der Waals surface area contributed by atoms with Gasteiger partial charge in [0.05, 0.1) is 0 Å². The molecule has 1 heterocycles. The van der Waals surface area contributed by atoms with Gasteiger partial charge in [-0.2, -0.15) is 0 Å². The van der Waals surface area contributed by atoms with E-state index in [-0.39, 0.29) is 0 Å². The second kappa shape index (κ2) is 11.7. The zero-order valence-corrected chi connectivity index (χ0v) is 13.4. The van der Waals surface area contributed by atoms with Gasteiger partial charge in [-0.05, 0) is 58.3 Å². The lowest BCUT2D eigenvalue weighted by Crippen LogP contribution is -2.34. The molecule has 114 valence electrons. The first kappa shape index (κ1) is 17.0. The lowest BCUT2D eigenvalue weighted by Gasteiger charge is -2.26. The van der Waals surface area contributed by atoms with E-state index in [1.807, 2.05) is 0 Å². The Morgan fingerprint density at radius 1 is 0.895 bits per heavy atom. The molecule has 1 atom stereocenters. The molecule has 0 saturated carbocycles. The van der Waals surface area contributed by atoms with Gasteiger partial charge < -0.3 is 10.2 Å². The Morgan fingerprint density at radius 3 is 2.37 bits per heavy atom. The summed E-state index contributed by atoms with van der Waals surface area (Å²) < 4.78 is 0. The Morgan fingerprint density at radius 2 is 1.68 bits per heavy atom. The third kappa shape index (κ3) is 8.65. The number of nitrogens with zero attached hydrogens (tertiary/aromatic N) is 1. The Balaban J connectivity index is 2.02. The van der Waals surface area contributed by atoms with Crippen LogP contribution in [0.15, 0.2) is 0 Å². The van der Waals surface area contributed by atoms with Crippen LogP contribution in [0, 0.1) is 0 Å². The maximum Gasteiger partial charge on any atom is 0.00669 e. The molecule has 2 nitrogen and oxygen atoms in total. The van der Waals surface area contributed by atoms with Gasteiger partial charge in [-0.25, -0.2) is 0 Å². The summed E-state index contributed by atoms with van der Waals surface area (Å²) in [6.07, 6.45) is 13.8. The minimum absolute atomic E-state index is 0.776. The van der Waals surface area contributed by atoms with Gasteiger partial charge in [-0.1, -0.05) is 46.0 Å². The zero-order chi connectivity index (χ0) is 13.8. The summed E-state index contributed by atoms with van der Waals surface area (Å²) in [6.45, 7) is 9.81. The molecule has 0 aliphatic carbocycles. The number of unbranched alkanes of at least 4 members (excludes halogenated alkanes) is 2. The molecular weight excluding hydrogens is 232 g/mol. The van der Waals surface area contributed by atoms with Crippen LogP contribution in [0.3, 0.4) is 0 Å². The molecule has 1 rings (SSSR count). The SMILES string of the molecule is CCCCCC(CCC)NCCCN1CCCCC1. The first-order chi connectivity index (χ1) is 9.36. The summed E-state index contributed by atoms with van der Waals surface area (Å²) in [4.78, 5) is 2.65. The molecule has 0 aromatic heterocycles. The monoisotopic (exact) mass is 268 g/mol. The smallest absolute Gasteiger partial charge is 0.00669 e. The molecule has 0 radical (unpaired) electrons. The Kier molecular flexibility index (Phi) is 10.5. The lowest BCUT2D eigenvalue weighted by molar-refractivity contribution is 0.224. The van der Waals surface area contributed by atoms with E-state index < -0.39 is 0 Å². The van der Waals surface area contributed by atoms with Gasteiger partial charge in [0.2, 0.25) is 0 Å². The van der Waals surface area contributed by atoms with Crippen LogP contribution in [0.4, 0.5) is 0 Å².